The number of benzene rings is 1. The molecular formula is C15H19NO5. The maximum atomic E-state index is 11.9. The Morgan fingerprint density at radius 3 is 2.24 bits per heavy atom. The van der Waals surface area contributed by atoms with Crippen LogP contribution in [0.3, 0.4) is 0 Å². The summed E-state index contributed by atoms with van der Waals surface area (Å²) in [5.74, 6) is -1.24. The fraction of sp³-hybridized carbons (Fsp3) is 0.467. The number of hydrogen-bond donors (Lipinski definition) is 2. The number of methoxy groups -OCH3 is 2. The first kappa shape index (κ1) is 15.5. The Labute approximate surface area is 123 Å². The van der Waals surface area contributed by atoms with Gasteiger partial charge in [0, 0.05) is 0 Å². The Kier molecular flexibility index (Phi) is 4.59. The molecule has 0 spiro atoms. The molecular weight excluding hydrogens is 274 g/mol. The van der Waals surface area contributed by atoms with Gasteiger partial charge < -0.3 is 19.9 Å². The lowest BCUT2D eigenvalue weighted by atomic mass is 9.83. The molecule has 2 N–H and O–H groups in total. The quantitative estimate of drug-likeness (QED) is 0.803. The number of aliphatic hydroxyl groups is 1. The Hall–Kier alpha value is -1.92. The monoisotopic (exact) mass is 293 g/mol. The summed E-state index contributed by atoms with van der Waals surface area (Å²) >= 11 is 0. The number of carbonyl (C=O) groups excluding carboxylic acids is 2. The minimum atomic E-state index is -0.997. The lowest BCUT2D eigenvalue weighted by molar-refractivity contribution is 0.00578. The highest BCUT2D eigenvalue weighted by molar-refractivity contribution is 6.03. The van der Waals surface area contributed by atoms with Gasteiger partial charge in [-0.15, -0.1) is 0 Å². The standard InChI is InChI=1S/C15H19NO5/c1-20-13(17)11-4-3-10(9-12(11)14(18)21-2)15(19)5-7-16-8-6-15/h3-4,9,16,19H,5-8H2,1-2H3. The zero-order chi connectivity index (χ0) is 15.5. The maximum absolute atomic E-state index is 11.9. The maximum Gasteiger partial charge on any atom is 0.338 e. The molecule has 0 saturated carbocycles. The highest BCUT2D eigenvalue weighted by Gasteiger charge is 2.32. The van der Waals surface area contributed by atoms with Crippen LogP contribution in [0, 0.1) is 0 Å². The second-order valence-electron chi connectivity index (χ2n) is 5.03. The van der Waals surface area contributed by atoms with Gasteiger partial charge in [0.1, 0.15) is 0 Å². The summed E-state index contributed by atoms with van der Waals surface area (Å²) in [6.07, 6.45) is 1.09. The van der Waals surface area contributed by atoms with Crippen LogP contribution in [0.15, 0.2) is 18.2 Å². The molecule has 0 unspecified atom stereocenters. The second kappa shape index (κ2) is 6.24. The van der Waals surface area contributed by atoms with Crippen LogP contribution in [0.5, 0.6) is 0 Å². The van der Waals surface area contributed by atoms with E-state index in [1.54, 1.807) is 6.07 Å². The minimum absolute atomic E-state index is 0.105. The van der Waals surface area contributed by atoms with Crippen LogP contribution >= 0.6 is 0 Å². The van der Waals surface area contributed by atoms with E-state index in [1.807, 2.05) is 0 Å². The van der Waals surface area contributed by atoms with E-state index in [-0.39, 0.29) is 11.1 Å². The van der Waals surface area contributed by atoms with Crippen molar-refractivity contribution in [2.45, 2.75) is 18.4 Å². The SMILES string of the molecule is COC(=O)c1ccc(C2(O)CCNCC2)cc1C(=O)OC. The average molecular weight is 293 g/mol. The van der Waals surface area contributed by atoms with Crippen LogP contribution in [-0.2, 0) is 15.1 Å². The van der Waals surface area contributed by atoms with Gasteiger partial charge in [-0.05, 0) is 43.6 Å². The van der Waals surface area contributed by atoms with Crippen molar-refractivity contribution in [3.8, 4) is 0 Å². The Morgan fingerprint density at radius 1 is 1.10 bits per heavy atom. The summed E-state index contributed by atoms with van der Waals surface area (Å²) < 4.78 is 9.37. The van der Waals surface area contributed by atoms with E-state index in [0.29, 0.717) is 31.5 Å². The van der Waals surface area contributed by atoms with Crippen LogP contribution < -0.4 is 5.32 Å². The number of rotatable bonds is 3. The van der Waals surface area contributed by atoms with E-state index < -0.39 is 17.5 Å². The lowest BCUT2D eigenvalue weighted by Crippen LogP contribution is -2.39. The molecule has 0 aromatic heterocycles. The third-order valence-electron chi connectivity index (χ3n) is 3.80. The number of hydrogen-bond acceptors (Lipinski definition) is 6. The average Bonchev–Trinajstić information content (AvgIpc) is 2.53. The molecule has 1 fully saturated rings. The predicted molar refractivity (Wildman–Crippen MR) is 75.1 cm³/mol. The molecule has 0 aliphatic carbocycles. The first-order valence-electron chi connectivity index (χ1n) is 6.76. The smallest absolute Gasteiger partial charge is 0.338 e. The summed E-state index contributed by atoms with van der Waals surface area (Å²) in [6, 6.07) is 4.67. The van der Waals surface area contributed by atoms with Gasteiger partial charge in [-0.2, -0.15) is 0 Å². The topological polar surface area (TPSA) is 84.9 Å². The van der Waals surface area contributed by atoms with Gasteiger partial charge >= 0.3 is 11.9 Å². The first-order valence-corrected chi connectivity index (χ1v) is 6.76. The fourth-order valence-corrected chi connectivity index (χ4v) is 2.53. The summed E-state index contributed by atoms with van der Waals surface area (Å²) in [5, 5.41) is 13.9. The van der Waals surface area contributed by atoms with Gasteiger partial charge in [-0.1, -0.05) is 6.07 Å². The fourth-order valence-electron chi connectivity index (χ4n) is 2.53. The summed E-state index contributed by atoms with van der Waals surface area (Å²) in [6.45, 7) is 1.39. The molecule has 0 atom stereocenters. The van der Waals surface area contributed by atoms with Crippen LogP contribution in [0.25, 0.3) is 0 Å². The predicted octanol–water partition coefficient (Wildman–Crippen LogP) is 0.831. The van der Waals surface area contributed by atoms with Crippen molar-refractivity contribution >= 4 is 11.9 Å². The number of esters is 2. The van der Waals surface area contributed by atoms with E-state index in [4.69, 9.17) is 4.74 Å². The van der Waals surface area contributed by atoms with Gasteiger partial charge in [-0.3, -0.25) is 0 Å². The van der Waals surface area contributed by atoms with E-state index in [2.05, 4.69) is 10.1 Å². The van der Waals surface area contributed by atoms with Crippen molar-refractivity contribution in [3.63, 3.8) is 0 Å². The van der Waals surface area contributed by atoms with Crippen molar-refractivity contribution in [2.75, 3.05) is 27.3 Å². The van der Waals surface area contributed by atoms with Gasteiger partial charge in [0.25, 0.3) is 0 Å². The highest BCUT2D eigenvalue weighted by Crippen LogP contribution is 2.32. The Balaban J connectivity index is 2.46. The van der Waals surface area contributed by atoms with Gasteiger partial charge in [0.2, 0.25) is 0 Å². The van der Waals surface area contributed by atoms with Crippen molar-refractivity contribution < 1.29 is 24.2 Å². The molecule has 1 aromatic rings. The van der Waals surface area contributed by atoms with E-state index >= 15 is 0 Å². The zero-order valence-electron chi connectivity index (χ0n) is 12.1. The Morgan fingerprint density at radius 2 is 1.67 bits per heavy atom. The molecule has 1 aliphatic rings. The largest absolute Gasteiger partial charge is 0.465 e. The van der Waals surface area contributed by atoms with Gasteiger partial charge in [-0.25, -0.2) is 9.59 Å². The molecule has 114 valence electrons. The first-order chi connectivity index (χ1) is 10.0. The lowest BCUT2D eigenvalue weighted by Gasteiger charge is -2.33. The molecule has 1 aliphatic heterocycles. The van der Waals surface area contributed by atoms with Crippen molar-refractivity contribution in [2.24, 2.45) is 0 Å². The molecule has 6 heteroatoms. The molecule has 2 rings (SSSR count). The molecule has 1 heterocycles. The Bertz CT molecular complexity index is 549. The number of piperidine rings is 1. The van der Waals surface area contributed by atoms with Crippen LogP contribution in [-0.4, -0.2) is 44.4 Å². The summed E-state index contributed by atoms with van der Waals surface area (Å²) in [4.78, 5) is 23.6. The normalized spacial score (nSPS) is 17.1. The number of nitrogens with one attached hydrogen (secondary N) is 1. The third kappa shape index (κ3) is 3.06. The van der Waals surface area contributed by atoms with Crippen molar-refractivity contribution in [3.05, 3.63) is 34.9 Å². The molecule has 1 saturated heterocycles. The number of ether oxygens (including phenoxy) is 2. The molecule has 0 bridgehead atoms. The molecule has 0 amide bonds. The molecule has 1 aromatic carbocycles. The van der Waals surface area contributed by atoms with Crippen LogP contribution in [0.2, 0.25) is 0 Å². The van der Waals surface area contributed by atoms with Crippen molar-refractivity contribution in [1.29, 1.82) is 0 Å². The highest BCUT2D eigenvalue weighted by atomic mass is 16.5. The van der Waals surface area contributed by atoms with Gasteiger partial charge in [0.15, 0.2) is 0 Å². The van der Waals surface area contributed by atoms with E-state index in [0.717, 1.165) is 0 Å². The van der Waals surface area contributed by atoms with Crippen LogP contribution in [0.1, 0.15) is 39.1 Å². The molecule has 21 heavy (non-hydrogen) atoms. The number of carbonyl (C=O) groups is 2. The van der Waals surface area contributed by atoms with E-state index in [9.17, 15) is 14.7 Å². The van der Waals surface area contributed by atoms with E-state index in [1.165, 1.54) is 26.4 Å². The van der Waals surface area contributed by atoms with Crippen molar-refractivity contribution in [1.82, 2.24) is 5.32 Å². The second-order valence-corrected chi connectivity index (χ2v) is 5.03. The van der Waals surface area contributed by atoms with Gasteiger partial charge in [0.05, 0.1) is 30.9 Å². The summed E-state index contributed by atoms with van der Waals surface area (Å²) in [5.41, 5.74) is -0.153. The molecule has 6 nitrogen and oxygen atoms in total. The third-order valence-corrected chi connectivity index (χ3v) is 3.80. The molecule has 0 radical (unpaired) electrons. The summed E-state index contributed by atoms with van der Waals surface area (Å²) in [7, 11) is 2.49. The van der Waals surface area contributed by atoms with Crippen LogP contribution in [0.4, 0.5) is 0 Å². The minimum Gasteiger partial charge on any atom is -0.465 e. The zero-order valence-corrected chi connectivity index (χ0v) is 12.1.